The van der Waals surface area contributed by atoms with E-state index < -0.39 is 0 Å². The zero-order valence-electron chi connectivity index (χ0n) is 16.6. The van der Waals surface area contributed by atoms with E-state index in [0.717, 1.165) is 35.4 Å². The predicted molar refractivity (Wildman–Crippen MR) is 112 cm³/mol. The number of methoxy groups -OCH3 is 1. The van der Waals surface area contributed by atoms with Crippen LogP contribution in [0.25, 0.3) is 0 Å². The smallest absolute Gasteiger partial charge is 0.258 e. The van der Waals surface area contributed by atoms with Crippen molar-refractivity contribution in [2.24, 2.45) is 4.99 Å². The van der Waals surface area contributed by atoms with Gasteiger partial charge >= 0.3 is 0 Å². The van der Waals surface area contributed by atoms with Gasteiger partial charge in [0, 0.05) is 12.3 Å². The second kappa shape index (κ2) is 9.93. The third-order valence-corrected chi connectivity index (χ3v) is 4.91. The summed E-state index contributed by atoms with van der Waals surface area (Å²) in [6.07, 6.45) is 7.61. The Hall–Kier alpha value is -2.82. The number of carbonyl (C=O) groups is 1. The molecule has 0 atom stereocenters. The number of amides is 1. The van der Waals surface area contributed by atoms with E-state index in [-0.39, 0.29) is 12.5 Å². The molecule has 148 valence electrons. The van der Waals surface area contributed by atoms with E-state index in [4.69, 9.17) is 9.47 Å². The maximum absolute atomic E-state index is 12.0. The third kappa shape index (κ3) is 5.84. The fourth-order valence-corrected chi connectivity index (χ4v) is 3.36. The van der Waals surface area contributed by atoms with Gasteiger partial charge in [-0.25, -0.2) is 0 Å². The molecule has 0 saturated heterocycles. The molecule has 1 N–H and O–H groups in total. The number of aliphatic imine (C=N–C) groups is 1. The standard InChI is InChI=1S/C23H28N2O3/c1-17-8-13-22(27-2)21(14-17)24-15-18-9-11-20(12-10-18)28-16-23(26)25-19-6-4-3-5-7-19/h8-15,19H,3-7,16H2,1-2H3,(H,25,26). The number of aryl methyl sites for hydroxylation is 1. The SMILES string of the molecule is COc1ccc(C)cc1N=Cc1ccc(OCC(=O)NC2CCCCC2)cc1. The molecule has 5 nitrogen and oxygen atoms in total. The molecule has 28 heavy (non-hydrogen) atoms. The number of carbonyl (C=O) groups excluding carboxylic acids is 1. The Morgan fingerprint density at radius 2 is 1.89 bits per heavy atom. The Morgan fingerprint density at radius 3 is 2.61 bits per heavy atom. The van der Waals surface area contributed by atoms with E-state index >= 15 is 0 Å². The van der Waals surface area contributed by atoms with Crippen molar-refractivity contribution in [3.63, 3.8) is 0 Å². The van der Waals surface area contributed by atoms with Crippen molar-refractivity contribution < 1.29 is 14.3 Å². The van der Waals surface area contributed by atoms with Gasteiger partial charge in [0.05, 0.1) is 7.11 Å². The lowest BCUT2D eigenvalue weighted by atomic mass is 9.95. The zero-order valence-corrected chi connectivity index (χ0v) is 16.6. The fraction of sp³-hybridized carbons (Fsp3) is 0.391. The highest BCUT2D eigenvalue weighted by atomic mass is 16.5. The Balaban J connectivity index is 1.52. The first-order valence-corrected chi connectivity index (χ1v) is 9.85. The van der Waals surface area contributed by atoms with Crippen LogP contribution in [0.2, 0.25) is 0 Å². The maximum Gasteiger partial charge on any atom is 0.258 e. The molecule has 2 aromatic rings. The Kier molecular flexibility index (Phi) is 7.06. The van der Waals surface area contributed by atoms with Crippen LogP contribution < -0.4 is 14.8 Å². The summed E-state index contributed by atoms with van der Waals surface area (Å²) in [4.78, 5) is 16.6. The van der Waals surface area contributed by atoms with Crippen LogP contribution in [-0.4, -0.2) is 31.9 Å². The lowest BCUT2D eigenvalue weighted by Crippen LogP contribution is -2.38. The minimum absolute atomic E-state index is 0.0461. The first-order valence-electron chi connectivity index (χ1n) is 9.85. The quantitative estimate of drug-likeness (QED) is 0.715. The predicted octanol–water partition coefficient (Wildman–Crippen LogP) is 4.58. The molecule has 1 aliphatic carbocycles. The number of hydrogen-bond donors (Lipinski definition) is 1. The van der Waals surface area contributed by atoms with Crippen LogP contribution in [0.3, 0.4) is 0 Å². The van der Waals surface area contributed by atoms with Gasteiger partial charge in [0.2, 0.25) is 0 Å². The summed E-state index contributed by atoms with van der Waals surface area (Å²) in [6.45, 7) is 2.07. The summed E-state index contributed by atoms with van der Waals surface area (Å²) < 4.78 is 10.9. The van der Waals surface area contributed by atoms with Crippen LogP contribution >= 0.6 is 0 Å². The second-order valence-corrected chi connectivity index (χ2v) is 7.19. The molecule has 1 amide bonds. The summed E-state index contributed by atoms with van der Waals surface area (Å²) in [5.74, 6) is 1.36. The summed E-state index contributed by atoms with van der Waals surface area (Å²) >= 11 is 0. The highest BCUT2D eigenvalue weighted by molar-refractivity contribution is 5.83. The molecule has 5 heteroatoms. The van der Waals surface area contributed by atoms with Crippen LogP contribution in [0.1, 0.15) is 43.2 Å². The first kappa shape index (κ1) is 19.9. The van der Waals surface area contributed by atoms with Crippen molar-refractivity contribution in [1.29, 1.82) is 0 Å². The van der Waals surface area contributed by atoms with Gasteiger partial charge in [0.15, 0.2) is 6.61 Å². The number of nitrogens with zero attached hydrogens (tertiary/aromatic N) is 1. The van der Waals surface area contributed by atoms with Crippen molar-refractivity contribution in [2.75, 3.05) is 13.7 Å². The zero-order chi connectivity index (χ0) is 19.8. The number of rotatable bonds is 7. The number of benzene rings is 2. The molecule has 0 heterocycles. The average molecular weight is 380 g/mol. The highest BCUT2D eigenvalue weighted by Crippen LogP contribution is 2.28. The van der Waals surface area contributed by atoms with Crippen LogP contribution in [0, 0.1) is 6.92 Å². The van der Waals surface area contributed by atoms with Gasteiger partial charge < -0.3 is 14.8 Å². The van der Waals surface area contributed by atoms with Crippen molar-refractivity contribution in [1.82, 2.24) is 5.32 Å². The summed E-state index contributed by atoms with van der Waals surface area (Å²) in [6, 6.07) is 13.7. The van der Waals surface area contributed by atoms with Crippen molar-refractivity contribution in [2.45, 2.75) is 45.1 Å². The summed E-state index contributed by atoms with van der Waals surface area (Å²) in [5.41, 5.74) is 2.87. The average Bonchev–Trinajstić information content (AvgIpc) is 2.72. The lowest BCUT2D eigenvalue weighted by molar-refractivity contribution is -0.124. The lowest BCUT2D eigenvalue weighted by Gasteiger charge is -2.22. The molecule has 1 fully saturated rings. The molecule has 2 aromatic carbocycles. The molecule has 1 saturated carbocycles. The van der Waals surface area contributed by atoms with Crippen LogP contribution in [0.5, 0.6) is 11.5 Å². The van der Waals surface area contributed by atoms with Gasteiger partial charge in [-0.3, -0.25) is 9.79 Å². The van der Waals surface area contributed by atoms with Gasteiger partial charge in [0.1, 0.15) is 17.2 Å². The maximum atomic E-state index is 12.0. The number of nitrogens with one attached hydrogen (secondary N) is 1. The highest BCUT2D eigenvalue weighted by Gasteiger charge is 2.15. The molecule has 0 aromatic heterocycles. The molecule has 3 rings (SSSR count). The van der Waals surface area contributed by atoms with Gasteiger partial charge in [-0.2, -0.15) is 0 Å². The van der Waals surface area contributed by atoms with Gasteiger partial charge in [-0.05, 0) is 67.3 Å². The topological polar surface area (TPSA) is 59.9 Å². The largest absolute Gasteiger partial charge is 0.494 e. The van der Waals surface area contributed by atoms with Gasteiger partial charge in [-0.1, -0.05) is 25.3 Å². The molecular formula is C23H28N2O3. The van der Waals surface area contributed by atoms with E-state index in [9.17, 15) is 4.79 Å². The fourth-order valence-electron chi connectivity index (χ4n) is 3.36. The second-order valence-electron chi connectivity index (χ2n) is 7.19. The third-order valence-electron chi connectivity index (χ3n) is 4.91. The molecule has 0 spiro atoms. The molecule has 0 radical (unpaired) electrons. The van der Waals surface area contributed by atoms with Crippen LogP contribution in [-0.2, 0) is 4.79 Å². The van der Waals surface area contributed by atoms with E-state index in [1.54, 1.807) is 13.3 Å². The van der Waals surface area contributed by atoms with Gasteiger partial charge in [0.25, 0.3) is 5.91 Å². The van der Waals surface area contributed by atoms with Crippen molar-refractivity contribution in [3.05, 3.63) is 53.6 Å². The summed E-state index contributed by atoms with van der Waals surface area (Å²) in [7, 11) is 1.64. The first-order chi connectivity index (χ1) is 13.6. The Morgan fingerprint density at radius 1 is 1.14 bits per heavy atom. The summed E-state index contributed by atoms with van der Waals surface area (Å²) in [5, 5.41) is 3.06. The van der Waals surface area contributed by atoms with E-state index in [0.29, 0.717) is 11.8 Å². The molecule has 1 aliphatic rings. The number of hydrogen-bond acceptors (Lipinski definition) is 4. The van der Waals surface area contributed by atoms with Crippen molar-refractivity contribution in [3.8, 4) is 11.5 Å². The Labute approximate surface area is 166 Å². The molecule has 0 bridgehead atoms. The van der Waals surface area contributed by atoms with E-state index in [2.05, 4.69) is 10.3 Å². The van der Waals surface area contributed by atoms with E-state index in [1.165, 1.54) is 19.3 Å². The van der Waals surface area contributed by atoms with Crippen molar-refractivity contribution >= 4 is 17.8 Å². The Bertz CT molecular complexity index is 809. The minimum atomic E-state index is -0.0518. The van der Waals surface area contributed by atoms with Gasteiger partial charge in [-0.15, -0.1) is 0 Å². The normalized spacial score (nSPS) is 14.8. The van der Waals surface area contributed by atoms with E-state index in [1.807, 2.05) is 49.4 Å². The van der Waals surface area contributed by atoms with Crippen LogP contribution in [0.15, 0.2) is 47.5 Å². The van der Waals surface area contributed by atoms with Crippen LogP contribution in [0.4, 0.5) is 5.69 Å². The molecule has 0 unspecified atom stereocenters. The monoisotopic (exact) mass is 380 g/mol. The molecule has 0 aliphatic heterocycles. The molecular weight excluding hydrogens is 352 g/mol. The number of ether oxygens (including phenoxy) is 2. The minimum Gasteiger partial charge on any atom is -0.494 e.